The van der Waals surface area contributed by atoms with Crippen molar-refractivity contribution < 1.29 is 33.7 Å². The number of aldehydes is 1. The largest absolute Gasteiger partial charge is 0.479 e. The summed E-state index contributed by atoms with van der Waals surface area (Å²) in [6.45, 7) is 0. The first-order chi connectivity index (χ1) is 7.88. The summed E-state index contributed by atoms with van der Waals surface area (Å²) in [5.41, 5.74) is -1.30. The van der Waals surface area contributed by atoms with E-state index in [2.05, 4.69) is 0 Å². The maximum Gasteiger partial charge on any atom is 0.335 e. The molecule has 0 aliphatic rings. The van der Waals surface area contributed by atoms with Crippen molar-refractivity contribution in [1.29, 1.82) is 0 Å². The summed E-state index contributed by atoms with van der Waals surface area (Å²) in [4.78, 5) is 20.6. The van der Waals surface area contributed by atoms with Gasteiger partial charge in [-0.3, -0.25) is 4.79 Å². The third-order valence-electron chi connectivity index (χ3n) is 2.11. The molecule has 3 N–H and O–H groups in total. The fraction of sp³-hybridized carbons (Fsp3) is 0.200. The number of aliphatic carboxylic acids is 1. The van der Waals surface area contributed by atoms with Crippen molar-refractivity contribution in [3.63, 3.8) is 0 Å². The first kappa shape index (κ1) is 13.2. The molecule has 0 aliphatic carbocycles. The topological polar surface area (TPSA) is 94.8 Å². The van der Waals surface area contributed by atoms with Gasteiger partial charge in [0, 0.05) is 0 Å². The highest BCUT2D eigenvalue weighted by atomic mass is 19.1. The minimum Gasteiger partial charge on any atom is -0.479 e. The molecule has 2 unspecified atom stereocenters. The molecule has 0 saturated heterocycles. The number of aliphatic hydroxyl groups excluding tert-OH is 2. The number of carboxylic acids is 1. The smallest absolute Gasteiger partial charge is 0.335 e. The quantitative estimate of drug-likeness (QED) is 0.662. The normalized spacial score (nSPS) is 14.1. The second-order valence-electron chi connectivity index (χ2n) is 3.24. The lowest BCUT2D eigenvalue weighted by Crippen LogP contribution is -2.27. The average molecular weight is 246 g/mol. The summed E-state index contributed by atoms with van der Waals surface area (Å²) >= 11 is 0. The second-order valence-corrected chi connectivity index (χ2v) is 3.24. The molecule has 1 aromatic rings. The van der Waals surface area contributed by atoms with Crippen LogP contribution in [0.4, 0.5) is 8.78 Å². The Kier molecular flexibility index (Phi) is 3.87. The van der Waals surface area contributed by atoms with Crippen LogP contribution in [0.1, 0.15) is 22.0 Å². The SMILES string of the molecule is O=Cc1c(F)cc(C(O)C(O)C(=O)O)cc1F. The molecule has 1 aromatic carbocycles. The maximum absolute atomic E-state index is 13.1. The van der Waals surface area contributed by atoms with Crippen LogP contribution < -0.4 is 0 Å². The van der Waals surface area contributed by atoms with Crippen LogP contribution >= 0.6 is 0 Å². The Labute approximate surface area is 93.9 Å². The molecule has 0 spiro atoms. The van der Waals surface area contributed by atoms with Gasteiger partial charge in [-0.25, -0.2) is 13.6 Å². The number of rotatable bonds is 4. The minimum atomic E-state index is -2.21. The van der Waals surface area contributed by atoms with Gasteiger partial charge >= 0.3 is 5.97 Å². The highest BCUT2D eigenvalue weighted by Crippen LogP contribution is 2.22. The summed E-state index contributed by atoms with van der Waals surface area (Å²) in [7, 11) is 0. The van der Waals surface area contributed by atoms with Crippen LogP contribution in [0.2, 0.25) is 0 Å². The number of aliphatic hydroxyl groups is 2. The molecular weight excluding hydrogens is 238 g/mol. The Morgan fingerprint density at radius 1 is 1.24 bits per heavy atom. The van der Waals surface area contributed by atoms with E-state index in [-0.39, 0.29) is 6.29 Å². The molecule has 5 nitrogen and oxygen atoms in total. The second kappa shape index (κ2) is 4.98. The summed E-state index contributed by atoms with van der Waals surface area (Å²) in [6.07, 6.45) is -4.25. The standard InChI is InChI=1S/C10H8F2O5/c11-6-1-4(2-7(12)5(6)3-13)8(14)9(15)10(16)17/h1-3,8-9,14-15H,(H,16,17). The Bertz CT molecular complexity index is 437. The monoisotopic (exact) mass is 246 g/mol. The fourth-order valence-corrected chi connectivity index (χ4v) is 1.20. The van der Waals surface area contributed by atoms with Gasteiger partial charge in [0.1, 0.15) is 17.7 Å². The van der Waals surface area contributed by atoms with Gasteiger partial charge in [0.15, 0.2) is 12.4 Å². The summed E-state index contributed by atoms with van der Waals surface area (Å²) < 4.78 is 26.2. The van der Waals surface area contributed by atoms with Crippen LogP contribution in [-0.2, 0) is 4.79 Å². The van der Waals surface area contributed by atoms with E-state index in [4.69, 9.17) is 10.2 Å². The van der Waals surface area contributed by atoms with Crippen LogP contribution in [0.5, 0.6) is 0 Å². The third kappa shape index (κ3) is 2.63. The highest BCUT2D eigenvalue weighted by Gasteiger charge is 2.26. The van der Waals surface area contributed by atoms with Gasteiger partial charge in [-0.15, -0.1) is 0 Å². The molecular formula is C10H8F2O5. The van der Waals surface area contributed by atoms with Crippen molar-refractivity contribution in [3.8, 4) is 0 Å². The van der Waals surface area contributed by atoms with Crippen molar-refractivity contribution in [2.75, 3.05) is 0 Å². The van der Waals surface area contributed by atoms with E-state index < -0.39 is 40.9 Å². The minimum absolute atomic E-state index is 0.0472. The molecule has 0 saturated carbocycles. The number of benzene rings is 1. The molecule has 2 atom stereocenters. The number of hydrogen-bond acceptors (Lipinski definition) is 4. The van der Waals surface area contributed by atoms with E-state index in [0.717, 1.165) is 0 Å². The molecule has 0 bridgehead atoms. The van der Waals surface area contributed by atoms with Crippen LogP contribution in [0.15, 0.2) is 12.1 Å². The Morgan fingerprint density at radius 3 is 2.06 bits per heavy atom. The number of carbonyl (C=O) groups is 2. The Morgan fingerprint density at radius 2 is 1.71 bits per heavy atom. The molecule has 0 fully saturated rings. The van der Waals surface area contributed by atoms with Gasteiger partial charge in [-0.1, -0.05) is 0 Å². The first-order valence-electron chi connectivity index (χ1n) is 4.41. The van der Waals surface area contributed by atoms with Gasteiger partial charge in [0.25, 0.3) is 0 Å². The van der Waals surface area contributed by atoms with Crippen molar-refractivity contribution in [2.45, 2.75) is 12.2 Å². The molecule has 0 radical (unpaired) electrons. The third-order valence-corrected chi connectivity index (χ3v) is 2.11. The maximum atomic E-state index is 13.1. The number of carboxylic acid groups (broad SMARTS) is 1. The zero-order valence-corrected chi connectivity index (χ0v) is 8.30. The number of carbonyl (C=O) groups excluding carboxylic acids is 1. The fourth-order valence-electron chi connectivity index (χ4n) is 1.20. The van der Waals surface area contributed by atoms with E-state index in [9.17, 15) is 23.5 Å². The highest BCUT2D eigenvalue weighted by molar-refractivity contribution is 5.76. The van der Waals surface area contributed by atoms with E-state index >= 15 is 0 Å². The van der Waals surface area contributed by atoms with Gasteiger partial charge in [0.2, 0.25) is 0 Å². The molecule has 17 heavy (non-hydrogen) atoms. The Hall–Kier alpha value is -1.86. The zero-order chi connectivity index (χ0) is 13.2. The molecule has 0 amide bonds. The number of halogens is 2. The predicted octanol–water partition coefficient (Wildman–Crippen LogP) is 0.256. The van der Waals surface area contributed by atoms with Gasteiger partial charge in [-0.2, -0.15) is 0 Å². The van der Waals surface area contributed by atoms with Crippen molar-refractivity contribution in [1.82, 2.24) is 0 Å². The van der Waals surface area contributed by atoms with E-state index in [1.807, 2.05) is 0 Å². The van der Waals surface area contributed by atoms with Crippen LogP contribution in [0.25, 0.3) is 0 Å². The van der Waals surface area contributed by atoms with Crippen molar-refractivity contribution >= 4 is 12.3 Å². The van der Waals surface area contributed by atoms with Crippen LogP contribution in [0.3, 0.4) is 0 Å². The molecule has 0 aromatic heterocycles. The van der Waals surface area contributed by atoms with Gasteiger partial charge in [0.05, 0.1) is 5.56 Å². The van der Waals surface area contributed by atoms with E-state index in [0.29, 0.717) is 12.1 Å². The molecule has 1 rings (SSSR count). The molecule has 0 heterocycles. The molecule has 0 aliphatic heterocycles. The first-order valence-corrected chi connectivity index (χ1v) is 4.41. The van der Waals surface area contributed by atoms with Crippen molar-refractivity contribution in [2.24, 2.45) is 0 Å². The van der Waals surface area contributed by atoms with Gasteiger partial charge in [-0.05, 0) is 17.7 Å². The lowest BCUT2D eigenvalue weighted by molar-refractivity contribution is -0.153. The summed E-state index contributed by atoms with van der Waals surface area (Å²) in [5, 5.41) is 26.7. The summed E-state index contributed by atoms with van der Waals surface area (Å²) in [5.74, 6) is -4.23. The van der Waals surface area contributed by atoms with Gasteiger partial charge < -0.3 is 15.3 Å². The average Bonchev–Trinajstić information content (AvgIpc) is 2.26. The lowest BCUT2D eigenvalue weighted by atomic mass is 10.0. The zero-order valence-electron chi connectivity index (χ0n) is 8.30. The van der Waals surface area contributed by atoms with Crippen molar-refractivity contribution in [3.05, 3.63) is 34.9 Å². The number of hydrogen-bond donors (Lipinski definition) is 3. The van der Waals surface area contributed by atoms with E-state index in [1.54, 1.807) is 0 Å². The van der Waals surface area contributed by atoms with Crippen LogP contribution in [-0.4, -0.2) is 33.7 Å². The summed E-state index contributed by atoms with van der Waals surface area (Å²) in [6, 6.07) is 1.17. The predicted molar refractivity (Wildman–Crippen MR) is 50.3 cm³/mol. The molecule has 92 valence electrons. The van der Waals surface area contributed by atoms with Crippen LogP contribution in [0, 0.1) is 11.6 Å². The lowest BCUT2D eigenvalue weighted by Gasteiger charge is -2.14. The molecule has 7 heteroatoms. The van der Waals surface area contributed by atoms with E-state index in [1.165, 1.54) is 0 Å². The Balaban J connectivity index is 3.16.